The second-order valence-electron chi connectivity index (χ2n) is 5.10. The second kappa shape index (κ2) is 4.40. The van der Waals surface area contributed by atoms with Gasteiger partial charge in [-0.25, -0.2) is 9.37 Å². The zero-order valence-electron chi connectivity index (χ0n) is 10.9. The van der Waals surface area contributed by atoms with Crippen molar-refractivity contribution in [1.29, 1.82) is 0 Å². The molecule has 0 aliphatic carbocycles. The van der Waals surface area contributed by atoms with Crippen LogP contribution in [-0.4, -0.2) is 22.3 Å². The van der Waals surface area contributed by atoms with Crippen molar-refractivity contribution >= 4 is 0 Å². The number of aromatic amines is 1. The first kappa shape index (κ1) is 12.5. The van der Waals surface area contributed by atoms with Gasteiger partial charge >= 0.3 is 0 Å². The Morgan fingerprint density at radius 2 is 2.00 bits per heavy atom. The minimum Gasteiger partial charge on any atom is -0.496 e. The lowest BCUT2D eigenvalue weighted by Gasteiger charge is -2.13. The number of halogens is 1. The van der Waals surface area contributed by atoms with Crippen LogP contribution in [0.2, 0.25) is 0 Å². The third-order valence-corrected chi connectivity index (χ3v) is 2.60. The summed E-state index contributed by atoms with van der Waals surface area (Å²) in [6.07, 6.45) is 0. The van der Waals surface area contributed by atoms with Gasteiger partial charge in [0.05, 0.1) is 12.7 Å². The zero-order chi connectivity index (χ0) is 13.3. The maximum absolute atomic E-state index is 13.1. The number of ether oxygens (including phenoxy) is 1. The molecule has 0 aliphatic heterocycles. The number of methoxy groups -OCH3 is 1. The molecular formula is C13H16FN3O. The van der Waals surface area contributed by atoms with E-state index in [9.17, 15) is 4.39 Å². The molecule has 0 spiro atoms. The molecule has 1 aromatic heterocycles. The summed E-state index contributed by atoms with van der Waals surface area (Å²) in [5.74, 6) is 1.37. The molecule has 2 rings (SSSR count). The molecule has 2 aromatic rings. The summed E-state index contributed by atoms with van der Waals surface area (Å²) in [4.78, 5) is 4.42. The summed E-state index contributed by atoms with van der Waals surface area (Å²) in [7, 11) is 1.50. The van der Waals surface area contributed by atoms with E-state index < -0.39 is 0 Å². The van der Waals surface area contributed by atoms with E-state index in [4.69, 9.17) is 4.74 Å². The van der Waals surface area contributed by atoms with E-state index >= 15 is 0 Å². The molecule has 0 aliphatic rings. The van der Waals surface area contributed by atoms with Crippen LogP contribution in [0, 0.1) is 5.82 Å². The normalized spacial score (nSPS) is 11.6. The predicted molar refractivity (Wildman–Crippen MR) is 67.0 cm³/mol. The molecule has 96 valence electrons. The van der Waals surface area contributed by atoms with Crippen molar-refractivity contribution in [2.45, 2.75) is 26.2 Å². The average molecular weight is 249 g/mol. The fraction of sp³-hybridized carbons (Fsp3) is 0.385. The number of rotatable bonds is 2. The average Bonchev–Trinajstić information content (AvgIpc) is 2.77. The van der Waals surface area contributed by atoms with E-state index in [0.29, 0.717) is 17.1 Å². The summed E-state index contributed by atoms with van der Waals surface area (Å²) < 4.78 is 18.3. The van der Waals surface area contributed by atoms with Gasteiger partial charge in [0.25, 0.3) is 0 Å². The number of benzene rings is 1. The van der Waals surface area contributed by atoms with Gasteiger partial charge in [-0.05, 0) is 12.1 Å². The Bertz CT molecular complexity index is 558. The largest absolute Gasteiger partial charge is 0.496 e. The summed E-state index contributed by atoms with van der Waals surface area (Å²) in [6.45, 7) is 6.12. The summed E-state index contributed by atoms with van der Waals surface area (Å²) in [6, 6.07) is 4.30. The highest BCUT2D eigenvalue weighted by atomic mass is 19.1. The molecule has 4 nitrogen and oxygen atoms in total. The van der Waals surface area contributed by atoms with Crippen LogP contribution in [0.1, 0.15) is 26.6 Å². The van der Waals surface area contributed by atoms with Crippen LogP contribution < -0.4 is 4.74 Å². The Morgan fingerprint density at radius 1 is 1.28 bits per heavy atom. The number of nitrogens with zero attached hydrogens (tertiary/aromatic N) is 2. The maximum atomic E-state index is 13.1. The van der Waals surface area contributed by atoms with Crippen molar-refractivity contribution in [3.8, 4) is 17.1 Å². The maximum Gasteiger partial charge on any atom is 0.184 e. The molecular weight excluding hydrogens is 233 g/mol. The van der Waals surface area contributed by atoms with Gasteiger partial charge in [-0.3, -0.25) is 5.10 Å². The van der Waals surface area contributed by atoms with Gasteiger partial charge in [-0.2, -0.15) is 5.10 Å². The van der Waals surface area contributed by atoms with E-state index in [0.717, 1.165) is 5.82 Å². The fourth-order valence-corrected chi connectivity index (χ4v) is 1.57. The molecule has 0 fully saturated rings. The van der Waals surface area contributed by atoms with E-state index in [-0.39, 0.29) is 11.2 Å². The van der Waals surface area contributed by atoms with E-state index in [1.54, 1.807) is 6.07 Å². The third kappa shape index (κ3) is 2.34. The molecule has 0 atom stereocenters. The predicted octanol–water partition coefficient (Wildman–Crippen LogP) is 2.92. The molecule has 0 unspecified atom stereocenters. The standard InChI is InChI=1S/C13H16FN3O/c1-13(2,3)12-15-11(16-17-12)9-6-5-8(14)7-10(9)18-4/h5-7H,1-4H3,(H,15,16,17). The molecule has 1 heterocycles. The number of H-pyrrole nitrogens is 1. The fourth-order valence-electron chi connectivity index (χ4n) is 1.57. The number of hydrogen-bond acceptors (Lipinski definition) is 3. The quantitative estimate of drug-likeness (QED) is 0.890. The first-order valence-corrected chi connectivity index (χ1v) is 5.68. The van der Waals surface area contributed by atoms with Crippen molar-refractivity contribution in [2.24, 2.45) is 0 Å². The van der Waals surface area contributed by atoms with Gasteiger partial charge in [-0.1, -0.05) is 20.8 Å². The van der Waals surface area contributed by atoms with Crippen LogP contribution in [-0.2, 0) is 5.41 Å². The summed E-state index contributed by atoms with van der Waals surface area (Å²) >= 11 is 0. The SMILES string of the molecule is COc1cc(F)ccc1-c1n[nH]c(C(C)(C)C)n1. The zero-order valence-corrected chi connectivity index (χ0v) is 10.9. The summed E-state index contributed by atoms with van der Waals surface area (Å²) in [5.41, 5.74) is 0.559. The Kier molecular flexibility index (Phi) is 3.07. The van der Waals surface area contributed by atoms with E-state index in [2.05, 4.69) is 15.2 Å². The first-order chi connectivity index (χ1) is 8.41. The van der Waals surface area contributed by atoms with Crippen molar-refractivity contribution in [3.05, 3.63) is 29.8 Å². The molecule has 0 saturated heterocycles. The molecule has 0 bridgehead atoms. The summed E-state index contributed by atoms with van der Waals surface area (Å²) in [5, 5.41) is 7.05. The Morgan fingerprint density at radius 3 is 2.56 bits per heavy atom. The number of aromatic nitrogens is 3. The number of nitrogens with one attached hydrogen (secondary N) is 1. The molecule has 18 heavy (non-hydrogen) atoms. The highest BCUT2D eigenvalue weighted by Crippen LogP contribution is 2.29. The van der Waals surface area contributed by atoms with Crippen LogP contribution in [0.4, 0.5) is 4.39 Å². The van der Waals surface area contributed by atoms with E-state index in [1.807, 2.05) is 20.8 Å². The molecule has 5 heteroatoms. The second-order valence-corrected chi connectivity index (χ2v) is 5.10. The van der Waals surface area contributed by atoms with Crippen molar-refractivity contribution in [2.75, 3.05) is 7.11 Å². The first-order valence-electron chi connectivity index (χ1n) is 5.68. The smallest absolute Gasteiger partial charge is 0.184 e. The van der Waals surface area contributed by atoms with Crippen LogP contribution >= 0.6 is 0 Å². The van der Waals surface area contributed by atoms with Gasteiger partial charge in [0.1, 0.15) is 17.4 Å². The highest BCUT2D eigenvalue weighted by molar-refractivity contribution is 5.63. The van der Waals surface area contributed by atoms with Gasteiger partial charge in [0.15, 0.2) is 5.82 Å². The third-order valence-electron chi connectivity index (χ3n) is 2.60. The topological polar surface area (TPSA) is 50.8 Å². The minimum absolute atomic E-state index is 0.113. The van der Waals surface area contributed by atoms with Gasteiger partial charge in [0.2, 0.25) is 0 Å². The lowest BCUT2D eigenvalue weighted by molar-refractivity contribution is 0.412. The molecule has 1 aromatic carbocycles. The van der Waals surface area contributed by atoms with Crippen LogP contribution in [0.25, 0.3) is 11.4 Å². The van der Waals surface area contributed by atoms with Crippen molar-refractivity contribution in [3.63, 3.8) is 0 Å². The van der Waals surface area contributed by atoms with Crippen LogP contribution in [0.15, 0.2) is 18.2 Å². The van der Waals surface area contributed by atoms with E-state index in [1.165, 1.54) is 19.2 Å². The number of hydrogen-bond donors (Lipinski definition) is 1. The molecule has 0 saturated carbocycles. The van der Waals surface area contributed by atoms with Crippen molar-refractivity contribution in [1.82, 2.24) is 15.2 Å². The lowest BCUT2D eigenvalue weighted by Crippen LogP contribution is -2.13. The van der Waals surface area contributed by atoms with Crippen molar-refractivity contribution < 1.29 is 9.13 Å². The van der Waals surface area contributed by atoms with Gasteiger partial charge in [0, 0.05) is 11.5 Å². The van der Waals surface area contributed by atoms with Gasteiger partial charge in [-0.15, -0.1) is 0 Å². The highest BCUT2D eigenvalue weighted by Gasteiger charge is 2.20. The van der Waals surface area contributed by atoms with Crippen LogP contribution in [0.3, 0.4) is 0 Å². The Balaban J connectivity index is 2.46. The molecule has 0 amide bonds. The van der Waals surface area contributed by atoms with Crippen LogP contribution in [0.5, 0.6) is 5.75 Å². The molecule has 0 radical (unpaired) electrons. The monoisotopic (exact) mass is 249 g/mol. The molecule has 1 N–H and O–H groups in total. The van der Waals surface area contributed by atoms with Gasteiger partial charge < -0.3 is 4.74 Å². The Hall–Kier alpha value is -1.91. The minimum atomic E-state index is -0.345. The Labute approximate surface area is 105 Å². The lowest BCUT2D eigenvalue weighted by atomic mass is 9.96.